The molecule has 0 aromatic heterocycles. The molecule has 0 heterocycles. The van der Waals surface area contributed by atoms with E-state index in [1.165, 1.54) is 0 Å². The van der Waals surface area contributed by atoms with Crippen molar-refractivity contribution >= 4 is 8.32 Å². The van der Waals surface area contributed by atoms with Gasteiger partial charge in [-0.05, 0) is 39.9 Å². The second-order valence-electron chi connectivity index (χ2n) is 6.34. The molecule has 0 aliphatic rings. The van der Waals surface area contributed by atoms with Crippen molar-refractivity contribution in [2.75, 3.05) is 0 Å². The van der Waals surface area contributed by atoms with Crippen molar-refractivity contribution in [3.05, 3.63) is 0 Å². The Labute approximate surface area is 114 Å². The highest BCUT2D eigenvalue weighted by atomic mass is 28.4. The van der Waals surface area contributed by atoms with E-state index in [0.29, 0.717) is 6.42 Å². The second kappa shape index (κ2) is 7.62. The molecule has 0 rings (SSSR count). The minimum atomic E-state index is -1.61. The van der Waals surface area contributed by atoms with Gasteiger partial charge in [0.05, 0.1) is 11.5 Å². The maximum atomic E-state index is 9.11. The summed E-state index contributed by atoms with van der Waals surface area (Å²) in [5, 5.41) is 9.11. The first-order chi connectivity index (χ1) is 8.20. The summed E-state index contributed by atoms with van der Waals surface area (Å²) in [6.45, 7) is 12.5. The lowest BCUT2D eigenvalue weighted by Gasteiger charge is -2.26. The van der Waals surface area contributed by atoms with Gasteiger partial charge in [0.15, 0.2) is 8.32 Å². The average Bonchev–Trinajstić information content (AvgIpc) is 2.21. The van der Waals surface area contributed by atoms with Crippen LogP contribution in [0.3, 0.4) is 0 Å². The molecule has 0 aliphatic carbocycles. The van der Waals surface area contributed by atoms with Crippen LogP contribution in [-0.4, -0.2) is 14.4 Å². The molecular formula is C15H27NOSi. The van der Waals surface area contributed by atoms with Crippen LogP contribution >= 0.6 is 0 Å². The van der Waals surface area contributed by atoms with E-state index in [1.807, 2.05) is 13.8 Å². The van der Waals surface area contributed by atoms with E-state index in [2.05, 4.69) is 44.5 Å². The van der Waals surface area contributed by atoms with Crippen molar-refractivity contribution in [2.24, 2.45) is 5.41 Å². The third kappa shape index (κ3) is 9.28. The number of unbranched alkanes of at least 4 members (excludes halogenated alkanes) is 2. The Hall–Kier alpha value is -0.773. The molecule has 3 heteroatoms. The number of rotatable bonds is 6. The van der Waals surface area contributed by atoms with Crippen LogP contribution in [0.15, 0.2) is 0 Å². The first-order valence-electron chi connectivity index (χ1n) is 6.77. The molecule has 18 heavy (non-hydrogen) atoms. The number of nitriles is 1. The fourth-order valence-corrected chi connectivity index (χ4v) is 2.51. The standard InChI is InChI=1S/C15H27NOSi/c1-7-8-9-10-11-14(17-18(4,5)6)12-15(2,3)13-16/h14H,7-9,12H2,1-6H3. The predicted octanol–water partition coefficient (Wildman–Crippen LogP) is 4.34. The molecule has 102 valence electrons. The molecule has 1 unspecified atom stereocenters. The van der Waals surface area contributed by atoms with E-state index < -0.39 is 8.32 Å². The number of hydrogen-bond acceptors (Lipinski definition) is 2. The van der Waals surface area contributed by atoms with Crippen molar-refractivity contribution in [1.29, 1.82) is 5.26 Å². The number of nitrogens with zero attached hydrogens (tertiary/aromatic N) is 1. The fraction of sp³-hybridized carbons (Fsp3) is 0.800. The number of hydrogen-bond donors (Lipinski definition) is 0. The lowest BCUT2D eigenvalue weighted by Crippen LogP contribution is -2.33. The summed E-state index contributed by atoms with van der Waals surface area (Å²) < 4.78 is 6.07. The quantitative estimate of drug-likeness (QED) is 0.406. The molecule has 0 radical (unpaired) electrons. The van der Waals surface area contributed by atoms with Crippen LogP contribution in [0.4, 0.5) is 0 Å². The minimum absolute atomic E-state index is 0.0943. The van der Waals surface area contributed by atoms with Gasteiger partial charge in [-0.3, -0.25) is 0 Å². The van der Waals surface area contributed by atoms with Gasteiger partial charge in [-0.25, -0.2) is 0 Å². The molecule has 0 aliphatic heterocycles. The van der Waals surface area contributed by atoms with Crippen LogP contribution in [0.1, 0.15) is 46.5 Å². The summed E-state index contributed by atoms with van der Waals surface area (Å²) >= 11 is 0. The van der Waals surface area contributed by atoms with E-state index in [9.17, 15) is 0 Å². The SMILES string of the molecule is CCCCC#CC(CC(C)(C)C#N)O[Si](C)(C)C. The summed E-state index contributed by atoms with van der Waals surface area (Å²) in [5.41, 5.74) is -0.371. The van der Waals surface area contributed by atoms with Gasteiger partial charge in [0.1, 0.15) is 6.10 Å². The predicted molar refractivity (Wildman–Crippen MR) is 79.5 cm³/mol. The average molecular weight is 265 g/mol. The fourth-order valence-electron chi connectivity index (χ4n) is 1.51. The monoisotopic (exact) mass is 265 g/mol. The van der Waals surface area contributed by atoms with Crippen LogP contribution < -0.4 is 0 Å². The Morgan fingerprint density at radius 3 is 2.33 bits per heavy atom. The Kier molecular flexibility index (Phi) is 7.29. The normalized spacial score (nSPS) is 13.4. The summed E-state index contributed by atoms with van der Waals surface area (Å²) in [5.74, 6) is 6.41. The van der Waals surface area contributed by atoms with Gasteiger partial charge in [0, 0.05) is 12.8 Å². The Morgan fingerprint density at radius 1 is 1.28 bits per heavy atom. The van der Waals surface area contributed by atoms with Gasteiger partial charge in [-0.15, -0.1) is 5.92 Å². The molecule has 1 atom stereocenters. The van der Waals surface area contributed by atoms with E-state index in [0.717, 1.165) is 19.3 Å². The van der Waals surface area contributed by atoms with E-state index in [-0.39, 0.29) is 11.5 Å². The topological polar surface area (TPSA) is 33.0 Å². The first-order valence-corrected chi connectivity index (χ1v) is 10.2. The van der Waals surface area contributed by atoms with E-state index in [1.54, 1.807) is 0 Å². The third-order valence-electron chi connectivity index (χ3n) is 2.41. The first kappa shape index (κ1) is 17.2. The molecule has 0 saturated carbocycles. The Morgan fingerprint density at radius 2 is 1.89 bits per heavy atom. The van der Waals surface area contributed by atoms with E-state index in [4.69, 9.17) is 9.69 Å². The van der Waals surface area contributed by atoms with Crippen LogP contribution in [0.5, 0.6) is 0 Å². The molecule has 0 bridgehead atoms. The zero-order valence-electron chi connectivity index (χ0n) is 12.8. The van der Waals surface area contributed by atoms with Crippen molar-refractivity contribution in [1.82, 2.24) is 0 Å². The molecule has 0 spiro atoms. The molecular weight excluding hydrogens is 238 g/mol. The summed E-state index contributed by atoms with van der Waals surface area (Å²) in [7, 11) is -1.61. The van der Waals surface area contributed by atoms with Crippen molar-refractivity contribution in [3.8, 4) is 17.9 Å². The molecule has 0 amide bonds. The van der Waals surface area contributed by atoms with E-state index >= 15 is 0 Å². The summed E-state index contributed by atoms with van der Waals surface area (Å²) in [6, 6.07) is 2.33. The highest BCUT2D eigenvalue weighted by Gasteiger charge is 2.26. The van der Waals surface area contributed by atoms with Crippen molar-refractivity contribution < 1.29 is 4.43 Å². The van der Waals surface area contributed by atoms with Crippen molar-refractivity contribution in [3.63, 3.8) is 0 Å². The van der Waals surface area contributed by atoms with Crippen LogP contribution in [0.25, 0.3) is 0 Å². The van der Waals surface area contributed by atoms with Gasteiger partial charge < -0.3 is 4.43 Å². The Balaban J connectivity index is 4.62. The molecule has 0 aromatic carbocycles. The van der Waals surface area contributed by atoms with Gasteiger partial charge in [0.25, 0.3) is 0 Å². The molecule has 0 aromatic rings. The summed E-state index contributed by atoms with van der Waals surface area (Å²) in [6.07, 6.45) is 3.82. The maximum absolute atomic E-state index is 9.11. The van der Waals surface area contributed by atoms with Gasteiger partial charge >= 0.3 is 0 Å². The third-order valence-corrected chi connectivity index (χ3v) is 3.40. The maximum Gasteiger partial charge on any atom is 0.185 e. The molecule has 0 N–H and O–H groups in total. The lowest BCUT2D eigenvalue weighted by atomic mass is 9.88. The minimum Gasteiger partial charge on any atom is -0.404 e. The van der Waals surface area contributed by atoms with Crippen LogP contribution in [-0.2, 0) is 4.43 Å². The zero-order valence-corrected chi connectivity index (χ0v) is 13.8. The van der Waals surface area contributed by atoms with Crippen LogP contribution in [0, 0.1) is 28.6 Å². The van der Waals surface area contributed by atoms with Crippen molar-refractivity contribution in [2.45, 2.75) is 72.2 Å². The van der Waals surface area contributed by atoms with Gasteiger partial charge in [-0.2, -0.15) is 5.26 Å². The largest absolute Gasteiger partial charge is 0.404 e. The highest BCUT2D eigenvalue weighted by molar-refractivity contribution is 6.69. The zero-order chi connectivity index (χ0) is 14.2. The highest BCUT2D eigenvalue weighted by Crippen LogP contribution is 2.24. The van der Waals surface area contributed by atoms with Gasteiger partial charge in [0.2, 0.25) is 0 Å². The smallest absolute Gasteiger partial charge is 0.185 e. The van der Waals surface area contributed by atoms with Crippen LogP contribution in [0.2, 0.25) is 19.6 Å². The molecule has 2 nitrogen and oxygen atoms in total. The second-order valence-corrected chi connectivity index (χ2v) is 10.8. The van der Waals surface area contributed by atoms with Gasteiger partial charge in [-0.1, -0.05) is 19.3 Å². The molecule has 0 saturated heterocycles. The summed E-state index contributed by atoms with van der Waals surface area (Å²) in [4.78, 5) is 0. The molecule has 0 fully saturated rings. The Bertz CT molecular complexity index is 338. The lowest BCUT2D eigenvalue weighted by molar-refractivity contribution is 0.201.